The number of ether oxygens (including phenoxy) is 1. The van der Waals surface area contributed by atoms with Crippen LogP contribution in [-0.2, 0) is 19.1 Å². The molecule has 9 heteroatoms. The fourth-order valence-electron chi connectivity index (χ4n) is 6.38. The molecule has 2 bridgehead atoms. The maximum absolute atomic E-state index is 14.4. The van der Waals surface area contributed by atoms with Crippen LogP contribution in [-0.4, -0.2) is 92.9 Å². The number of aliphatic hydroxyl groups is 1. The zero-order chi connectivity index (χ0) is 27.1. The molecule has 0 aliphatic carbocycles. The standard InChI is InChI=1S/C28H36BrN3O5/c1-6-13-30(5)25(34)21-22-26(35)32(20(16-33)18-11-9-8-10-12-18)24(27(36)31(14-7-2)17(3)4)28(22)15-19(29)23(21)37-28/h6-12,17,19-24,33H,1-2,13-16H2,3-5H3/t19?,20-,21-,22+,23-,24?,28?/m1/s1. The quantitative estimate of drug-likeness (QED) is 0.343. The van der Waals surface area contributed by atoms with Crippen molar-refractivity contribution in [3.05, 3.63) is 61.2 Å². The molecule has 37 heavy (non-hydrogen) atoms. The smallest absolute Gasteiger partial charge is 0.248 e. The molecule has 1 aromatic carbocycles. The SMILES string of the molecule is C=CCN(C)C(=O)[C@H]1[C@@H]2OC3(CC2Br)C(C(=O)N(CC=C)C(C)C)N([C@H](CO)c2ccccc2)C(=O)[C@H]13. The molecule has 4 rings (SSSR count). The molecular formula is C28H36BrN3O5. The number of benzene rings is 1. The van der Waals surface area contributed by atoms with Gasteiger partial charge >= 0.3 is 0 Å². The van der Waals surface area contributed by atoms with Crippen molar-refractivity contribution in [2.45, 2.75) is 54.9 Å². The van der Waals surface area contributed by atoms with E-state index in [0.29, 0.717) is 25.1 Å². The van der Waals surface area contributed by atoms with Crippen molar-refractivity contribution in [2.24, 2.45) is 11.8 Å². The van der Waals surface area contributed by atoms with E-state index in [0.717, 1.165) is 0 Å². The number of nitrogens with zero attached hydrogens (tertiary/aromatic N) is 3. The summed E-state index contributed by atoms with van der Waals surface area (Å²) in [6, 6.07) is 7.26. The van der Waals surface area contributed by atoms with E-state index in [9.17, 15) is 19.5 Å². The summed E-state index contributed by atoms with van der Waals surface area (Å²) in [6.07, 6.45) is 3.16. The van der Waals surface area contributed by atoms with Gasteiger partial charge in [-0.15, -0.1) is 13.2 Å². The third kappa shape index (κ3) is 4.34. The van der Waals surface area contributed by atoms with E-state index in [1.54, 1.807) is 29.0 Å². The van der Waals surface area contributed by atoms with Crippen LogP contribution in [0.4, 0.5) is 0 Å². The Kier molecular flexibility index (Phi) is 7.97. The van der Waals surface area contributed by atoms with Crippen LogP contribution in [0.2, 0.25) is 0 Å². The molecule has 3 unspecified atom stereocenters. The lowest BCUT2D eigenvalue weighted by atomic mass is 9.70. The van der Waals surface area contributed by atoms with E-state index in [1.807, 2.05) is 44.2 Å². The highest BCUT2D eigenvalue weighted by Gasteiger charge is 2.77. The second kappa shape index (κ2) is 10.7. The number of rotatable bonds is 10. The zero-order valence-corrected chi connectivity index (χ0v) is 23.2. The molecule has 3 fully saturated rings. The minimum absolute atomic E-state index is 0.156. The van der Waals surface area contributed by atoms with Crippen LogP contribution < -0.4 is 0 Å². The number of alkyl halides is 1. The minimum Gasteiger partial charge on any atom is -0.394 e. The molecule has 7 atom stereocenters. The number of hydrogen-bond donors (Lipinski definition) is 1. The van der Waals surface area contributed by atoms with Crippen LogP contribution in [0.15, 0.2) is 55.6 Å². The molecule has 0 radical (unpaired) electrons. The molecule has 1 spiro atoms. The first-order valence-electron chi connectivity index (χ1n) is 12.7. The third-order valence-corrected chi connectivity index (χ3v) is 8.80. The first kappa shape index (κ1) is 27.5. The maximum Gasteiger partial charge on any atom is 0.248 e. The summed E-state index contributed by atoms with van der Waals surface area (Å²) in [4.78, 5) is 46.8. The van der Waals surface area contributed by atoms with Gasteiger partial charge in [0.05, 0.1) is 30.6 Å². The van der Waals surface area contributed by atoms with Crippen molar-refractivity contribution in [1.29, 1.82) is 0 Å². The molecule has 1 N–H and O–H groups in total. The van der Waals surface area contributed by atoms with Gasteiger partial charge in [-0.2, -0.15) is 0 Å². The summed E-state index contributed by atoms with van der Waals surface area (Å²) < 4.78 is 6.59. The fourth-order valence-corrected chi connectivity index (χ4v) is 7.33. The summed E-state index contributed by atoms with van der Waals surface area (Å²) in [5.41, 5.74) is -0.484. The van der Waals surface area contributed by atoms with Gasteiger partial charge in [0.25, 0.3) is 0 Å². The Balaban J connectivity index is 1.87. The van der Waals surface area contributed by atoms with E-state index in [-0.39, 0.29) is 35.2 Å². The lowest BCUT2D eigenvalue weighted by Gasteiger charge is -2.40. The van der Waals surface area contributed by atoms with E-state index in [2.05, 4.69) is 29.1 Å². The Morgan fingerprint density at radius 1 is 1.22 bits per heavy atom. The first-order valence-corrected chi connectivity index (χ1v) is 13.6. The van der Waals surface area contributed by atoms with Crippen molar-refractivity contribution in [3.8, 4) is 0 Å². The number of likely N-dealkylation sites (tertiary alicyclic amines) is 1. The van der Waals surface area contributed by atoms with Gasteiger partial charge in [0.15, 0.2) is 0 Å². The highest BCUT2D eigenvalue weighted by atomic mass is 79.9. The predicted molar refractivity (Wildman–Crippen MR) is 144 cm³/mol. The molecule has 8 nitrogen and oxygen atoms in total. The summed E-state index contributed by atoms with van der Waals surface area (Å²) in [5, 5.41) is 10.6. The van der Waals surface area contributed by atoms with Crippen molar-refractivity contribution < 1.29 is 24.2 Å². The van der Waals surface area contributed by atoms with Crippen molar-refractivity contribution in [3.63, 3.8) is 0 Å². The van der Waals surface area contributed by atoms with Gasteiger partial charge in [-0.3, -0.25) is 14.4 Å². The number of likely N-dealkylation sites (N-methyl/N-ethyl adjacent to an activating group) is 1. The Morgan fingerprint density at radius 2 is 1.86 bits per heavy atom. The molecule has 3 aliphatic rings. The first-order chi connectivity index (χ1) is 17.6. The molecule has 0 saturated carbocycles. The number of carbonyl (C=O) groups is 3. The molecule has 1 aromatic rings. The van der Waals surface area contributed by atoms with Gasteiger partial charge in [-0.05, 0) is 25.8 Å². The highest BCUT2D eigenvalue weighted by Crippen LogP contribution is 2.61. The van der Waals surface area contributed by atoms with Crippen LogP contribution in [0.3, 0.4) is 0 Å². The van der Waals surface area contributed by atoms with Gasteiger partial charge in [0, 0.05) is 31.0 Å². The number of hydrogen-bond acceptors (Lipinski definition) is 5. The Labute approximate surface area is 227 Å². The van der Waals surface area contributed by atoms with Gasteiger partial charge in [0.1, 0.15) is 11.6 Å². The molecule has 200 valence electrons. The maximum atomic E-state index is 14.4. The van der Waals surface area contributed by atoms with Gasteiger partial charge in [0.2, 0.25) is 17.7 Å². The number of carbonyl (C=O) groups excluding carboxylic acids is 3. The van der Waals surface area contributed by atoms with Crippen LogP contribution in [0, 0.1) is 11.8 Å². The van der Waals surface area contributed by atoms with Gasteiger partial charge in [-0.1, -0.05) is 58.4 Å². The Hall–Kier alpha value is -2.49. The summed E-state index contributed by atoms with van der Waals surface area (Å²) in [5.74, 6) is -2.41. The molecule has 3 aliphatic heterocycles. The van der Waals surface area contributed by atoms with Crippen LogP contribution in [0.1, 0.15) is 31.9 Å². The minimum atomic E-state index is -1.20. The largest absolute Gasteiger partial charge is 0.394 e. The summed E-state index contributed by atoms with van der Waals surface area (Å²) >= 11 is 3.70. The lowest BCUT2D eigenvalue weighted by Crippen LogP contribution is -2.58. The predicted octanol–water partition coefficient (Wildman–Crippen LogP) is 2.54. The van der Waals surface area contributed by atoms with E-state index >= 15 is 0 Å². The molecule has 3 heterocycles. The van der Waals surface area contributed by atoms with E-state index in [1.165, 1.54) is 4.90 Å². The third-order valence-electron chi connectivity index (χ3n) is 7.95. The monoisotopic (exact) mass is 573 g/mol. The zero-order valence-electron chi connectivity index (χ0n) is 21.6. The molecule has 3 amide bonds. The second-order valence-electron chi connectivity index (χ2n) is 10.4. The number of halogens is 1. The number of fused-ring (bicyclic) bond motifs is 1. The van der Waals surface area contributed by atoms with Gasteiger partial charge < -0.3 is 24.5 Å². The highest BCUT2D eigenvalue weighted by molar-refractivity contribution is 9.09. The topological polar surface area (TPSA) is 90.4 Å². The molecule has 3 saturated heterocycles. The number of aliphatic hydroxyl groups excluding tert-OH is 1. The Morgan fingerprint density at radius 3 is 2.43 bits per heavy atom. The number of amides is 3. The molecule has 0 aromatic heterocycles. The molecular weight excluding hydrogens is 538 g/mol. The van der Waals surface area contributed by atoms with Crippen LogP contribution in [0.25, 0.3) is 0 Å². The van der Waals surface area contributed by atoms with Crippen molar-refractivity contribution in [1.82, 2.24) is 14.7 Å². The van der Waals surface area contributed by atoms with Crippen molar-refractivity contribution in [2.75, 3.05) is 26.7 Å². The fraction of sp³-hybridized carbons (Fsp3) is 0.536. The average molecular weight is 575 g/mol. The van der Waals surface area contributed by atoms with E-state index < -0.39 is 35.6 Å². The van der Waals surface area contributed by atoms with Crippen molar-refractivity contribution >= 4 is 33.7 Å². The van der Waals surface area contributed by atoms with Gasteiger partial charge in [-0.25, -0.2) is 0 Å². The van der Waals surface area contributed by atoms with E-state index in [4.69, 9.17) is 4.74 Å². The summed E-state index contributed by atoms with van der Waals surface area (Å²) in [6.45, 7) is 11.6. The normalized spacial score (nSPS) is 30.8. The Bertz CT molecular complexity index is 1070. The van der Waals surface area contributed by atoms with Crippen LogP contribution >= 0.6 is 15.9 Å². The second-order valence-corrected chi connectivity index (χ2v) is 11.6. The van der Waals surface area contributed by atoms with Crippen LogP contribution in [0.5, 0.6) is 0 Å². The lowest BCUT2D eigenvalue weighted by molar-refractivity contribution is -0.152. The average Bonchev–Trinajstić information content (AvgIpc) is 3.46. The summed E-state index contributed by atoms with van der Waals surface area (Å²) in [7, 11) is 1.68.